The van der Waals surface area contributed by atoms with Crippen LogP contribution >= 0.6 is 0 Å². The minimum absolute atomic E-state index is 0.258. The summed E-state index contributed by atoms with van der Waals surface area (Å²) < 4.78 is 0. The summed E-state index contributed by atoms with van der Waals surface area (Å²) in [6.07, 6.45) is 5.35. The van der Waals surface area contributed by atoms with E-state index in [0.29, 0.717) is 6.42 Å². The van der Waals surface area contributed by atoms with E-state index in [4.69, 9.17) is 0 Å². The van der Waals surface area contributed by atoms with Gasteiger partial charge in [-0.1, -0.05) is 26.3 Å². The van der Waals surface area contributed by atoms with E-state index in [0.717, 1.165) is 12.7 Å². The highest BCUT2D eigenvalue weighted by atomic mass is 16.3. The second kappa shape index (κ2) is 5.09. The van der Waals surface area contributed by atoms with Crippen LogP contribution in [0.1, 0.15) is 33.6 Å². The van der Waals surface area contributed by atoms with E-state index >= 15 is 0 Å². The molecule has 2 unspecified atom stereocenters. The molecule has 0 spiro atoms. The van der Waals surface area contributed by atoms with Gasteiger partial charge in [-0.15, -0.1) is 0 Å². The Morgan fingerprint density at radius 3 is 2.58 bits per heavy atom. The molecule has 70 valence electrons. The zero-order chi connectivity index (χ0) is 9.61. The van der Waals surface area contributed by atoms with E-state index in [1.807, 2.05) is 13.8 Å². The SMILES string of the molecule is CCC(C)C(C)(O)C/C=C/C=O. The quantitative estimate of drug-likeness (QED) is 0.505. The second-order valence-electron chi connectivity index (χ2n) is 3.43. The summed E-state index contributed by atoms with van der Waals surface area (Å²) in [7, 11) is 0. The fourth-order valence-corrected chi connectivity index (χ4v) is 1.00. The molecule has 0 aromatic heterocycles. The van der Waals surface area contributed by atoms with Crippen LogP contribution in [0.2, 0.25) is 0 Å². The van der Waals surface area contributed by atoms with Crippen molar-refractivity contribution >= 4 is 6.29 Å². The normalized spacial score (nSPS) is 19.0. The molecule has 0 bridgehead atoms. The number of carbonyl (C=O) groups excluding carboxylic acids is 1. The maximum absolute atomic E-state index is 9.96. The van der Waals surface area contributed by atoms with Gasteiger partial charge in [-0.3, -0.25) is 4.79 Å². The topological polar surface area (TPSA) is 37.3 Å². The fourth-order valence-electron chi connectivity index (χ4n) is 1.00. The monoisotopic (exact) mass is 170 g/mol. The van der Waals surface area contributed by atoms with Crippen molar-refractivity contribution in [2.75, 3.05) is 0 Å². The van der Waals surface area contributed by atoms with Gasteiger partial charge >= 0.3 is 0 Å². The van der Waals surface area contributed by atoms with Crippen molar-refractivity contribution in [2.24, 2.45) is 5.92 Å². The predicted molar refractivity (Wildman–Crippen MR) is 49.9 cm³/mol. The smallest absolute Gasteiger partial charge is 0.142 e. The van der Waals surface area contributed by atoms with Crippen LogP contribution in [-0.2, 0) is 4.79 Å². The van der Waals surface area contributed by atoms with E-state index in [-0.39, 0.29) is 5.92 Å². The zero-order valence-electron chi connectivity index (χ0n) is 8.08. The van der Waals surface area contributed by atoms with Crippen LogP contribution in [0.5, 0.6) is 0 Å². The number of allylic oxidation sites excluding steroid dienone is 1. The Bertz CT molecular complexity index is 159. The average molecular weight is 170 g/mol. The van der Waals surface area contributed by atoms with Gasteiger partial charge in [0.25, 0.3) is 0 Å². The summed E-state index contributed by atoms with van der Waals surface area (Å²) >= 11 is 0. The van der Waals surface area contributed by atoms with Crippen molar-refractivity contribution < 1.29 is 9.90 Å². The molecule has 1 N–H and O–H groups in total. The summed E-state index contributed by atoms with van der Waals surface area (Å²) in [4.78, 5) is 9.96. The maximum Gasteiger partial charge on any atom is 0.142 e. The summed E-state index contributed by atoms with van der Waals surface area (Å²) in [5.41, 5.74) is -0.686. The van der Waals surface area contributed by atoms with E-state index in [1.54, 1.807) is 13.0 Å². The summed E-state index contributed by atoms with van der Waals surface area (Å²) in [5.74, 6) is 0.258. The lowest BCUT2D eigenvalue weighted by atomic mass is 9.86. The van der Waals surface area contributed by atoms with Crippen LogP contribution in [-0.4, -0.2) is 17.0 Å². The molecule has 0 amide bonds. The van der Waals surface area contributed by atoms with Crippen LogP contribution < -0.4 is 0 Å². The standard InChI is InChI=1S/C10H18O2/c1-4-9(2)10(3,12)7-5-6-8-11/h5-6,8-9,12H,4,7H2,1-3H3/b6-5+. The van der Waals surface area contributed by atoms with E-state index in [9.17, 15) is 9.90 Å². The van der Waals surface area contributed by atoms with Gasteiger partial charge < -0.3 is 5.11 Å². The van der Waals surface area contributed by atoms with Crippen LogP contribution in [0.15, 0.2) is 12.2 Å². The first-order valence-corrected chi connectivity index (χ1v) is 4.37. The van der Waals surface area contributed by atoms with E-state index in [1.165, 1.54) is 6.08 Å². The Balaban J connectivity index is 4.02. The Hall–Kier alpha value is -0.630. The highest BCUT2D eigenvalue weighted by molar-refractivity contribution is 5.64. The second-order valence-corrected chi connectivity index (χ2v) is 3.43. The molecule has 2 nitrogen and oxygen atoms in total. The third-order valence-electron chi connectivity index (χ3n) is 2.42. The molecule has 0 aliphatic rings. The van der Waals surface area contributed by atoms with Crippen molar-refractivity contribution in [3.05, 3.63) is 12.2 Å². The van der Waals surface area contributed by atoms with Crippen molar-refractivity contribution in [2.45, 2.75) is 39.2 Å². The minimum Gasteiger partial charge on any atom is -0.390 e. The van der Waals surface area contributed by atoms with Crippen molar-refractivity contribution in [3.8, 4) is 0 Å². The number of carbonyl (C=O) groups is 1. The average Bonchev–Trinajstić information content (AvgIpc) is 2.03. The lowest BCUT2D eigenvalue weighted by molar-refractivity contribution is -0.104. The first-order valence-electron chi connectivity index (χ1n) is 4.37. The molecule has 0 aliphatic heterocycles. The van der Waals surface area contributed by atoms with E-state index < -0.39 is 5.60 Å². The van der Waals surface area contributed by atoms with Crippen molar-refractivity contribution in [1.29, 1.82) is 0 Å². The molecule has 0 radical (unpaired) electrons. The first-order chi connectivity index (χ1) is 5.54. The highest BCUT2D eigenvalue weighted by Crippen LogP contribution is 2.23. The lowest BCUT2D eigenvalue weighted by Gasteiger charge is -2.28. The van der Waals surface area contributed by atoms with Gasteiger partial charge in [-0.05, 0) is 25.3 Å². The molecule has 0 aromatic carbocycles. The summed E-state index contributed by atoms with van der Waals surface area (Å²) in [5, 5.41) is 9.84. The van der Waals surface area contributed by atoms with E-state index in [2.05, 4.69) is 0 Å². The third-order valence-corrected chi connectivity index (χ3v) is 2.42. The predicted octanol–water partition coefficient (Wildman–Crippen LogP) is 1.93. The number of aldehydes is 1. The molecule has 0 saturated carbocycles. The van der Waals surface area contributed by atoms with Crippen LogP contribution in [0.25, 0.3) is 0 Å². The molecular formula is C10H18O2. The van der Waals surface area contributed by atoms with Gasteiger partial charge in [0.15, 0.2) is 0 Å². The molecule has 12 heavy (non-hydrogen) atoms. The molecule has 0 aliphatic carbocycles. The maximum atomic E-state index is 9.96. The molecule has 2 heteroatoms. The van der Waals surface area contributed by atoms with Gasteiger partial charge in [0.05, 0.1) is 5.60 Å². The number of hydrogen-bond donors (Lipinski definition) is 1. The van der Waals surface area contributed by atoms with Crippen molar-refractivity contribution in [1.82, 2.24) is 0 Å². The highest BCUT2D eigenvalue weighted by Gasteiger charge is 2.24. The molecule has 0 saturated heterocycles. The van der Waals surface area contributed by atoms with Gasteiger partial charge in [-0.25, -0.2) is 0 Å². The van der Waals surface area contributed by atoms with Crippen LogP contribution in [0.3, 0.4) is 0 Å². The molecule has 0 aromatic rings. The Morgan fingerprint density at radius 2 is 2.17 bits per heavy atom. The van der Waals surface area contributed by atoms with Gasteiger partial charge in [0.1, 0.15) is 6.29 Å². The Labute approximate surface area is 74.3 Å². The molecule has 0 fully saturated rings. The Kier molecular flexibility index (Phi) is 4.83. The fraction of sp³-hybridized carbons (Fsp3) is 0.700. The Morgan fingerprint density at radius 1 is 1.58 bits per heavy atom. The lowest BCUT2D eigenvalue weighted by Crippen LogP contribution is -2.31. The first kappa shape index (κ1) is 11.4. The summed E-state index contributed by atoms with van der Waals surface area (Å²) in [6.45, 7) is 5.85. The summed E-state index contributed by atoms with van der Waals surface area (Å²) in [6, 6.07) is 0. The third kappa shape index (κ3) is 3.67. The largest absolute Gasteiger partial charge is 0.390 e. The van der Waals surface area contributed by atoms with Crippen LogP contribution in [0.4, 0.5) is 0 Å². The van der Waals surface area contributed by atoms with Gasteiger partial charge in [0.2, 0.25) is 0 Å². The van der Waals surface area contributed by atoms with Gasteiger partial charge in [0, 0.05) is 0 Å². The molecule has 0 heterocycles. The number of hydrogen-bond acceptors (Lipinski definition) is 2. The van der Waals surface area contributed by atoms with Gasteiger partial charge in [-0.2, -0.15) is 0 Å². The minimum atomic E-state index is -0.686. The van der Waals surface area contributed by atoms with Crippen molar-refractivity contribution in [3.63, 3.8) is 0 Å². The van der Waals surface area contributed by atoms with Crippen LogP contribution in [0, 0.1) is 5.92 Å². The molecule has 2 atom stereocenters. The molecular weight excluding hydrogens is 152 g/mol. The number of rotatable bonds is 5. The molecule has 0 rings (SSSR count). The zero-order valence-corrected chi connectivity index (χ0v) is 8.08. The number of aliphatic hydroxyl groups is 1.